The van der Waals surface area contributed by atoms with Gasteiger partial charge in [-0.15, -0.1) is 0 Å². The van der Waals surface area contributed by atoms with Gasteiger partial charge in [0.05, 0.1) is 24.5 Å². The van der Waals surface area contributed by atoms with Gasteiger partial charge in [-0.2, -0.15) is 0 Å². The van der Waals surface area contributed by atoms with Crippen molar-refractivity contribution in [1.29, 1.82) is 0 Å². The number of ether oxygens (including phenoxy) is 1. The van der Waals surface area contributed by atoms with Crippen LogP contribution in [0.1, 0.15) is 23.5 Å². The Bertz CT molecular complexity index is 1240. The molecule has 1 fully saturated rings. The topological polar surface area (TPSA) is 50.5 Å². The van der Waals surface area contributed by atoms with E-state index in [9.17, 15) is 0 Å². The van der Waals surface area contributed by atoms with Gasteiger partial charge in [0.25, 0.3) is 0 Å². The zero-order chi connectivity index (χ0) is 22.1. The summed E-state index contributed by atoms with van der Waals surface area (Å²) >= 11 is 11.8. The van der Waals surface area contributed by atoms with Crippen LogP contribution in [0.15, 0.2) is 89.5 Å². The van der Waals surface area contributed by atoms with Crippen LogP contribution in [-0.4, -0.2) is 17.2 Å². The fraction of sp³-hybridized carbons (Fsp3) is 0.120. The number of hydrogen-bond donors (Lipinski definition) is 1. The number of rotatable bonds is 5. The highest BCUT2D eigenvalue weighted by molar-refractivity contribution is 7.80. The highest BCUT2D eigenvalue weighted by Gasteiger charge is 2.43. The first kappa shape index (κ1) is 20.5. The molecule has 3 heterocycles. The molecule has 0 saturated carbocycles. The van der Waals surface area contributed by atoms with E-state index in [0.29, 0.717) is 10.1 Å². The summed E-state index contributed by atoms with van der Waals surface area (Å²) < 4.78 is 12.0. The second-order valence-electron chi connectivity index (χ2n) is 7.38. The smallest absolute Gasteiger partial charge is 0.174 e. The molecule has 0 radical (unpaired) electrons. The molecule has 2 atom stereocenters. The van der Waals surface area contributed by atoms with E-state index in [4.69, 9.17) is 33.0 Å². The minimum absolute atomic E-state index is 0.196. The Hall–Kier alpha value is -3.35. The average molecular weight is 462 g/mol. The lowest BCUT2D eigenvalue weighted by Crippen LogP contribution is -2.29. The fourth-order valence-electron chi connectivity index (χ4n) is 4.01. The highest BCUT2D eigenvalue weighted by atomic mass is 35.5. The number of pyridine rings is 1. The molecule has 7 heteroatoms. The van der Waals surface area contributed by atoms with Gasteiger partial charge < -0.3 is 19.4 Å². The third-order valence-corrected chi connectivity index (χ3v) is 6.06. The molecule has 0 unspecified atom stereocenters. The summed E-state index contributed by atoms with van der Waals surface area (Å²) in [6, 6.07) is 24.8. The Morgan fingerprint density at radius 3 is 2.53 bits per heavy atom. The molecule has 2 aromatic heterocycles. The number of anilines is 1. The fourth-order valence-corrected chi connectivity index (χ4v) is 4.48. The Kier molecular flexibility index (Phi) is 5.55. The normalized spacial score (nSPS) is 17.9. The second-order valence-corrected chi connectivity index (χ2v) is 8.20. The monoisotopic (exact) mass is 461 g/mol. The van der Waals surface area contributed by atoms with E-state index in [0.717, 1.165) is 34.2 Å². The maximum absolute atomic E-state index is 6.37. The first-order chi connectivity index (χ1) is 15.7. The van der Waals surface area contributed by atoms with Crippen LogP contribution in [0.4, 0.5) is 5.69 Å². The highest BCUT2D eigenvalue weighted by Crippen LogP contribution is 2.45. The van der Waals surface area contributed by atoms with E-state index in [1.54, 1.807) is 13.3 Å². The lowest BCUT2D eigenvalue weighted by molar-refractivity contribution is 0.409. The summed E-state index contributed by atoms with van der Waals surface area (Å²) in [6.07, 6.45) is 1.78. The van der Waals surface area contributed by atoms with Crippen LogP contribution in [0.5, 0.6) is 5.75 Å². The molecule has 5 nitrogen and oxygen atoms in total. The number of methoxy groups -OCH3 is 1. The van der Waals surface area contributed by atoms with Crippen molar-refractivity contribution in [3.05, 3.63) is 102 Å². The van der Waals surface area contributed by atoms with Gasteiger partial charge in [0.15, 0.2) is 5.11 Å². The van der Waals surface area contributed by atoms with Gasteiger partial charge in [0.1, 0.15) is 23.3 Å². The molecule has 1 N–H and O–H groups in total. The lowest BCUT2D eigenvalue weighted by Gasteiger charge is -2.27. The van der Waals surface area contributed by atoms with E-state index >= 15 is 0 Å². The molecule has 5 rings (SSSR count). The Labute approximate surface area is 196 Å². The van der Waals surface area contributed by atoms with Crippen LogP contribution in [0.25, 0.3) is 11.3 Å². The molecule has 4 aromatic rings. The predicted molar refractivity (Wildman–Crippen MR) is 130 cm³/mol. The van der Waals surface area contributed by atoms with Crippen LogP contribution in [-0.2, 0) is 0 Å². The van der Waals surface area contributed by atoms with Crippen molar-refractivity contribution in [2.45, 2.75) is 12.1 Å². The number of benzene rings is 2. The second kappa shape index (κ2) is 8.65. The number of para-hydroxylation sites is 2. The van der Waals surface area contributed by atoms with E-state index < -0.39 is 0 Å². The van der Waals surface area contributed by atoms with E-state index in [-0.39, 0.29) is 12.1 Å². The summed E-state index contributed by atoms with van der Waals surface area (Å²) in [5, 5.41) is 4.70. The molecule has 0 bridgehead atoms. The van der Waals surface area contributed by atoms with Crippen molar-refractivity contribution >= 4 is 34.6 Å². The molecule has 0 amide bonds. The summed E-state index contributed by atoms with van der Waals surface area (Å²) in [6.45, 7) is 0. The number of nitrogens with zero attached hydrogens (tertiary/aromatic N) is 2. The Morgan fingerprint density at radius 1 is 1.00 bits per heavy atom. The lowest BCUT2D eigenvalue weighted by atomic mass is 10.0. The van der Waals surface area contributed by atoms with Crippen LogP contribution in [0.3, 0.4) is 0 Å². The van der Waals surface area contributed by atoms with Gasteiger partial charge in [-0.1, -0.05) is 29.8 Å². The quantitative estimate of drug-likeness (QED) is 0.358. The number of thiocarbonyl (C=S) groups is 1. The molecule has 1 aliphatic rings. The number of furan rings is 1. The van der Waals surface area contributed by atoms with Crippen molar-refractivity contribution in [2.75, 3.05) is 12.0 Å². The van der Waals surface area contributed by atoms with Crippen LogP contribution in [0, 0.1) is 0 Å². The third-order valence-electron chi connectivity index (χ3n) is 5.49. The first-order valence-corrected chi connectivity index (χ1v) is 10.9. The van der Waals surface area contributed by atoms with E-state index in [2.05, 4.69) is 10.3 Å². The van der Waals surface area contributed by atoms with E-state index in [1.807, 2.05) is 83.8 Å². The van der Waals surface area contributed by atoms with Crippen LogP contribution < -0.4 is 15.0 Å². The van der Waals surface area contributed by atoms with Gasteiger partial charge in [-0.25, -0.2) is 0 Å². The van der Waals surface area contributed by atoms with Crippen molar-refractivity contribution in [2.24, 2.45) is 0 Å². The predicted octanol–water partition coefficient (Wildman–Crippen LogP) is 6.18. The zero-order valence-electron chi connectivity index (χ0n) is 17.2. The molecule has 0 aliphatic carbocycles. The van der Waals surface area contributed by atoms with Gasteiger partial charge in [0, 0.05) is 16.8 Å². The van der Waals surface area contributed by atoms with Crippen molar-refractivity contribution < 1.29 is 9.15 Å². The molecule has 0 spiro atoms. The largest absolute Gasteiger partial charge is 0.495 e. The Morgan fingerprint density at radius 2 is 1.78 bits per heavy atom. The third kappa shape index (κ3) is 3.72. The summed E-state index contributed by atoms with van der Waals surface area (Å²) in [4.78, 5) is 6.62. The number of hydrogen-bond acceptors (Lipinski definition) is 4. The summed E-state index contributed by atoms with van der Waals surface area (Å²) in [7, 11) is 1.65. The summed E-state index contributed by atoms with van der Waals surface area (Å²) in [5.41, 5.74) is 2.69. The zero-order valence-corrected chi connectivity index (χ0v) is 18.8. The standard InChI is InChI=1S/C25H20ClN3O2S/c1-30-21-8-3-2-7-19(21)29-24(23(28-25(29)32)18-6-4-5-15-27-18)22-14-13-20(31-22)16-9-11-17(26)12-10-16/h2-15,23-24H,1H3,(H,28,32)/t23-,24-/m1/s1. The maximum Gasteiger partial charge on any atom is 0.174 e. The number of aromatic nitrogens is 1. The molecule has 32 heavy (non-hydrogen) atoms. The maximum atomic E-state index is 6.37. The van der Waals surface area contributed by atoms with Gasteiger partial charge in [-0.05, 0) is 72.9 Å². The van der Waals surface area contributed by atoms with Crippen molar-refractivity contribution in [3.63, 3.8) is 0 Å². The Balaban J connectivity index is 1.61. The molecular formula is C25H20ClN3O2S. The van der Waals surface area contributed by atoms with Crippen molar-refractivity contribution in [1.82, 2.24) is 10.3 Å². The molecule has 1 saturated heterocycles. The van der Waals surface area contributed by atoms with Crippen LogP contribution >= 0.6 is 23.8 Å². The molecule has 160 valence electrons. The van der Waals surface area contributed by atoms with Gasteiger partial charge in [0.2, 0.25) is 0 Å². The van der Waals surface area contributed by atoms with Crippen molar-refractivity contribution in [3.8, 4) is 17.1 Å². The number of nitrogens with one attached hydrogen (secondary N) is 1. The van der Waals surface area contributed by atoms with Gasteiger partial charge >= 0.3 is 0 Å². The molecule has 1 aliphatic heterocycles. The minimum atomic E-state index is -0.255. The summed E-state index contributed by atoms with van der Waals surface area (Å²) in [5.74, 6) is 2.26. The minimum Gasteiger partial charge on any atom is -0.495 e. The van der Waals surface area contributed by atoms with E-state index in [1.165, 1.54) is 0 Å². The number of halogens is 1. The molecular weight excluding hydrogens is 442 g/mol. The average Bonchev–Trinajstić information content (AvgIpc) is 3.44. The van der Waals surface area contributed by atoms with Gasteiger partial charge in [-0.3, -0.25) is 4.98 Å². The molecule has 2 aromatic carbocycles. The first-order valence-electron chi connectivity index (χ1n) is 10.1. The van der Waals surface area contributed by atoms with Crippen LogP contribution in [0.2, 0.25) is 5.02 Å². The SMILES string of the molecule is COc1ccccc1N1C(=S)N[C@H](c2ccccn2)[C@H]1c1ccc(-c2ccc(Cl)cc2)o1.